The summed E-state index contributed by atoms with van der Waals surface area (Å²) in [6.07, 6.45) is 1.77. The first-order chi connectivity index (χ1) is 16.6. The van der Waals surface area contributed by atoms with E-state index in [1.807, 2.05) is 54.6 Å². The zero-order chi connectivity index (χ0) is 23.7. The fourth-order valence-electron chi connectivity index (χ4n) is 3.94. The quantitative estimate of drug-likeness (QED) is 0.356. The average molecular weight is 491 g/mol. The molecule has 3 aromatic carbocycles. The molecule has 170 valence electrons. The second kappa shape index (κ2) is 9.43. The number of nitrogens with zero attached hydrogens (tertiary/aromatic N) is 3. The van der Waals surface area contributed by atoms with Gasteiger partial charge < -0.3 is 15.2 Å². The molecule has 0 bridgehead atoms. The number of nitrogens with one attached hydrogen (secondary N) is 1. The lowest BCUT2D eigenvalue weighted by molar-refractivity contribution is 0.281. The standard InChI is InChI=1S/C26H20Cl2N4O2/c1-34-19-9-15(14-33)8-18(11-19)31-26-30-13-16-12-29-25(21-4-2-3-5-23(21)28)22-10-17(27)6-7-20(22)24(16)32-26/h2-11,13,33H,12,14H2,1H3,(H,30,31,32). The summed E-state index contributed by atoms with van der Waals surface area (Å²) in [5.74, 6) is 1.04. The number of anilines is 2. The van der Waals surface area contributed by atoms with Crippen molar-refractivity contribution in [3.63, 3.8) is 0 Å². The Hall–Kier alpha value is -3.45. The van der Waals surface area contributed by atoms with Crippen LogP contribution < -0.4 is 10.1 Å². The molecule has 0 saturated carbocycles. The molecular formula is C26H20Cl2N4O2. The van der Waals surface area contributed by atoms with Gasteiger partial charge >= 0.3 is 0 Å². The van der Waals surface area contributed by atoms with E-state index in [0.717, 1.165) is 39.2 Å². The Kier molecular flexibility index (Phi) is 6.20. The van der Waals surface area contributed by atoms with Gasteiger partial charge in [0.15, 0.2) is 0 Å². The summed E-state index contributed by atoms with van der Waals surface area (Å²) in [5, 5.41) is 14.0. The molecule has 6 nitrogen and oxygen atoms in total. The molecule has 0 unspecified atom stereocenters. The normalized spacial score (nSPS) is 12.3. The first-order valence-electron chi connectivity index (χ1n) is 10.6. The molecule has 2 heterocycles. The van der Waals surface area contributed by atoms with Crippen LogP contribution in [0, 0.1) is 0 Å². The molecule has 0 amide bonds. The Morgan fingerprint density at radius 2 is 1.85 bits per heavy atom. The second-order valence-electron chi connectivity index (χ2n) is 7.75. The minimum atomic E-state index is -0.104. The number of hydrogen-bond donors (Lipinski definition) is 2. The predicted octanol–water partition coefficient (Wildman–Crippen LogP) is 6.05. The highest BCUT2D eigenvalue weighted by Crippen LogP contribution is 2.35. The van der Waals surface area contributed by atoms with E-state index in [2.05, 4.69) is 10.3 Å². The highest BCUT2D eigenvalue weighted by atomic mass is 35.5. The number of benzene rings is 3. The van der Waals surface area contributed by atoms with Gasteiger partial charge in [-0.05, 0) is 35.9 Å². The van der Waals surface area contributed by atoms with Crippen LogP contribution in [-0.4, -0.2) is 27.9 Å². The summed E-state index contributed by atoms with van der Waals surface area (Å²) in [6, 6.07) is 18.7. The van der Waals surface area contributed by atoms with Crippen LogP contribution in [-0.2, 0) is 13.2 Å². The number of methoxy groups -OCH3 is 1. The summed E-state index contributed by atoms with van der Waals surface area (Å²) >= 11 is 12.9. The Morgan fingerprint density at radius 3 is 2.65 bits per heavy atom. The maximum absolute atomic E-state index is 9.56. The maximum Gasteiger partial charge on any atom is 0.227 e. The predicted molar refractivity (Wildman–Crippen MR) is 135 cm³/mol. The number of rotatable bonds is 5. The van der Waals surface area contributed by atoms with Crippen molar-refractivity contribution in [3.05, 3.63) is 99.2 Å². The van der Waals surface area contributed by atoms with Gasteiger partial charge in [-0.15, -0.1) is 0 Å². The lowest BCUT2D eigenvalue weighted by atomic mass is 9.95. The largest absolute Gasteiger partial charge is 0.497 e. The van der Waals surface area contributed by atoms with Crippen LogP contribution in [0.5, 0.6) is 5.75 Å². The Labute approximate surface area is 206 Å². The van der Waals surface area contributed by atoms with Crippen LogP contribution in [0.4, 0.5) is 11.6 Å². The molecule has 1 aliphatic rings. The van der Waals surface area contributed by atoms with Crippen LogP contribution in [0.2, 0.25) is 10.0 Å². The lowest BCUT2D eigenvalue weighted by Crippen LogP contribution is -2.06. The van der Waals surface area contributed by atoms with Gasteiger partial charge in [0, 0.05) is 50.2 Å². The minimum absolute atomic E-state index is 0.104. The van der Waals surface area contributed by atoms with Crippen LogP contribution in [0.3, 0.4) is 0 Å². The smallest absolute Gasteiger partial charge is 0.227 e. The number of halogens is 2. The van der Waals surface area contributed by atoms with E-state index in [9.17, 15) is 5.11 Å². The first-order valence-corrected chi connectivity index (χ1v) is 11.3. The minimum Gasteiger partial charge on any atom is -0.497 e. The molecule has 34 heavy (non-hydrogen) atoms. The highest BCUT2D eigenvalue weighted by Gasteiger charge is 2.22. The van der Waals surface area contributed by atoms with Crippen molar-refractivity contribution in [2.24, 2.45) is 4.99 Å². The number of hydrogen-bond acceptors (Lipinski definition) is 6. The zero-order valence-electron chi connectivity index (χ0n) is 18.2. The molecule has 0 saturated heterocycles. The van der Waals surface area contributed by atoms with Gasteiger partial charge in [-0.2, -0.15) is 0 Å². The van der Waals surface area contributed by atoms with E-state index in [1.54, 1.807) is 19.4 Å². The third-order valence-corrected chi connectivity index (χ3v) is 6.10. The number of fused-ring (bicyclic) bond motifs is 3. The van der Waals surface area contributed by atoms with Gasteiger partial charge in [0.25, 0.3) is 0 Å². The van der Waals surface area contributed by atoms with Crippen LogP contribution in [0.25, 0.3) is 11.3 Å². The van der Waals surface area contributed by atoms with Gasteiger partial charge in [0.1, 0.15) is 5.75 Å². The molecule has 8 heteroatoms. The monoisotopic (exact) mass is 490 g/mol. The van der Waals surface area contributed by atoms with E-state index in [0.29, 0.717) is 34.0 Å². The number of aliphatic hydroxyl groups is 1. The molecule has 1 aromatic heterocycles. The average Bonchev–Trinajstić information content (AvgIpc) is 3.00. The van der Waals surface area contributed by atoms with Crippen molar-refractivity contribution in [3.8, 4) is 17.0 Å². The molecule has 0 spiro atoms. The topological polar surface area (TPSA) is 79.6 Å². The van der Waals surface area contributed by atoms with E-state index in [1.165, 1.54) is 0 Å². The fraction of sp³-hybridized carbons (Fsp3) is 0.115. The Bertz CT molecular complexity index is 1400. The van der Waals surface area contributed by atoms with E-state index in [4.69, 9.17) is 37.9 Å². The molecule has 5 rings (SSSR count). The third-order valence-electron chi connectivity index (χ3n) is 5.53. The molecule has 0 atom stereocenters. The molecule has 0 radical (unpaired) electrons. The number of aliphatic hydroxyl groups excluding tert-OH is 1. The van der Waals surface area contributed by atoms with Gasteiger partial charge in [-0.25, -0.2) is 9.97 Å². The van der Waals surface area contributed by atoms with E-state index >= 15 is 0 Å². The molecular weight excluding hydrogens is 471 g/mol. The van der Waals surface area contributed by atoms with E-state index < -0.39 is 0 Å². The first kappa shape index (κ1) is 22.3. The van der Waals surface area contributed by atoms with Gasteiger partial charge in [0.05, 0.1) is 31.7 Å². The summed E-state index contributed by atoms with van der Waals surface area (Å²) < 4.78 is 5.33. The number of aliphatic imine (C=N–C) groups is 1. The molecule has 1 aliphatic heterocycles. The lowest BCUT2D eigenvalue weighted by Gasteiger charge is -2.14. The zero-order valence-corrected chi connectivity index (χ0v) is 19.7. The van der Waals surface area contributed by atoms with Crippen LogP contribution in [0.1, 0.15) is 22.3 Å². The van der Waals surface area contributed by atoms with Crippen LogP contribution >= 0.6 is 23.2 Å². The maximum atomic E-state index is 9.56. The third kappa shape index (κ3) is 4.35. The number of ether oxygens (including phenoxy) is 1. The molecule has 4 aromatic rings. The SMILES string of the molecule is COc1cc(CO)cc(Nc2ncc3c(n2)-c2ccc(Cl)cc2C(c2ccccc2Cl)=NC3)c1. The second-order valence-corrected chi connectivity index (χ2v) is 8.60. The van der Waals surface area contributed by atoms with Crippen molar-refractivity contribution < 1.29 is 9.84 Å². The van der Waals surface area contributed by atoms with Gasteiger partial charge in [0.2, 0.25) is 5.95 Å². The number of aromatic nitrogens is 2. The molecule has 2 N–H and O–H groups in total. The van der Waals surface area contributed by atoms with Gasteiger partial charge in [-0.3, -0.25) is 4.99 Å². The Morgan fingerprint density at radius 1 is 1.00 bits per heavy atom. The summed E-state index contributed by atoms with van der Waals surface area (Å²) in [6.45, 7) is 0.295. The van der Waals surface area contributed by atoms with E-state index in [-0.39, 0.29) is 6.61 Å². The van der Waals surface area contributed by atoms with Crippen molar-refractivity contribution in [1.29, 1.82) is 0 Å². The fourth-order valence-corrected chi connectivity index (χ4v) is 4.34. The summed E-state index contributed by atoms with van der Waals surface area (Å²) in [5.41, 5.74) is 6.42. The van der Waals surface area contributed by atoms with Gasteiger partial charge in [-0.1, -0.05) is 47.5 Å². The summed E-state index contributed by atoms with van der Waals surface area (Å²) in [7, 11) is 1.58. The molecule has 0 fully saturated rings. The van der Waals surface area contributed by atoms with Crippen molar-refractivity contribution in [2.45, 2.75) is 13.2 Å². The van der Waals surface area contributed by atoms with Crippen molar-refractivity contribution >= 4 is 40.5 Å². The summed E-state index contributed by atoms with van der Waals surface area (Å²) in [4.78, 5) is 14.2. The molecule has 0 aliphatic carbocycles. The van der Waals surface area contributed by atoms with Crippen LogP contribution in [0.15, 0.2) is 71.9 Å². The highest BCUT2D eigenvalue weighted by molar-refractivity contribution is 6.36. The Balaban J connectivity index is 1.60. The van der Waals surface area contributed by atoms with Crippen molar-refractivity contribution in [2.75, 3.05) is 12.4 Å². The van der Waals surface area contributed by atoms with Crippen molar-refractivity contribution in [1.82, 2.24) is 9.97 Å².